The van der Waals surface area contributed by atoms with Gasteiger partial charge in [0.25, 0.3) is 5.91 Å². The average Bonchev–Trinajstić information content (AvgIpc) is 2.51. The zero-order valence-electron chi connectivity index (χ0n) is 13.1. The van der Waals surface area contributed by atoms with E-state index in [-0.39, 0.29) is 11.9 Å². The first-order valence-electron chi connectivity index (χ1n) is 6.88. The lowest BCUT2D eigenvalue weighted by molar-refractivity contribution is 0.0937. The van der Waals surface area contributed by atoms with Gasteiger partial charge in [0, 0.05) is 11.6 Å². The predicted molar refractivity (Wildman–Crippen MR) is 81.3 cm³/mol. The summed E-state index contributed by atoms with van der Waals surface area (Å²) in [7, 11) is 4.56. The monoisotopic (exact) mass is 296 g/mol. The van der Waals surface area contributed by atoms with Gasteiger partial charge in [0.2, 0.25) is 5.75 Å². The van der Waals surface area contributed by atoms with Crippen LogP contribution in [0.5, 0.6) is 17.2 Å². The normalized spacial score (nSPS) is 11.7. The van der Waals surface area contributed by atoms with Gasteiger partial charge < -0.3 is 25.3 Å². The Morgan fingerprint density at radius 3 is 2.19 bits per heavy atom. The topological polar surface area (TPSA) is 82.8 Å². The number of nitrogens with two attached hydrogens (primary N) is 1. The van der Waals surface area contributed by atoms with E-state index in [0.29, 0.717) is 29.4 Å². The third-order valence-corrected chi connectivity index (χ3v) is 3.15. The van der Waals surface area contributed by atoms with Crippen LogP contribution in [0.25, 0.3) is 0 Å². The number of carbonyl (C=O) groups is 1. The van der Waals surface area contributed by atoms with E-state index < -0.39 is 0 Å². The molecule has 1 aromatic rings. The van der Waals surface area contributed by atoms with Crippen molar-refractivity contribution in [2.45, 2.75) is 25.8 Å². The first-order chi connectivity index (χ1) is 10.1. The molecule has 0 aromatic heterocycles. The van der Waals surface area contributed by atoms with Gasteiger partial charge in [-0.1, -0.05) is 0 Å². The number of benzene rings is 1. The minimum Gasteiger partial charge on any atom is -0.493 e. The Kier molecular flexibility index (Phi) is 6.81. The Morgan fingerprint density at radius 1 is 1.19 bits per heavy atom. The van der Waals surface area contributed by atoms with E-state index in [1.54, 1.807) is 12.1 Å². The summed E-state index contributed by atoms with van der Waals surface area (Å²) >= 11 is 0. The van der Waals surface area contributed by atoms with Crippen LogP contribution < -0.4 is 25.3 Å². The summed E-state index contributed by atoms with van der Waals surface area (Å²) < 4.78 is 15.7. The second kappa shape index (κ2) is 8.36. The van der Waals surface area contributed by atoms with E-state index in [1.165, 1.54) is 21.3 Å². The second-order valence-corrected chi connectivity index (χ2v) is 4.72. The Labute approximate surface area is 125 Å². The number of hydrogen-bond donors (Lipinski definition) is 2. The van der Waals surface area contributed by atoms with E-state index in [1.807, 2.05) is 6.92 Å². The van der Waals surface area contributed by atoms with Crippen molar-refractivity contribution < 1.29 is 19.0 Å². The van der Waals surface area contributed by atoms with Gasteiger partial charge >= 0.3 is 0 Å². The number of nitrogens with one attached hydrogen (secondary N) is 1. The first kappa shape index (κ1) is 17.1. The lowest BCUT2D eigenvalue weighted by Crippen LogP contribution is -2.32. The molecule has 0 saturated carbocycles. The van der Waals surface area contributed by atoms with Crippen LogP contribution in [0.15, 0.2) is 12.1 Å². The third kappa shape index (κ3) is 4.53. The smallest absolute Gasteiger partial charge is 0.251 e. The molecule has 1 aromatic carbocycles. The summed E-state index contributed by atoms with van der Waals surface area (Å²) in [6, 6.07) is 3.32. The molecule has 1 amide bonds. The fraction of sp³-hybridized carbons (Fsp3) is 0.533. The van der Waals surface area contributed by atoms with Crippen molar-refractivity contribution in [3.63, 3.8) is 0 Å². The summed E-state index contributed by atoms with van der Waals surface area (Å²) in [5.41, 5.74) is 5.93. The maximum Gasteiger partial charge on any atom is 0.251 e. The highest BCUT2D eigenvalue weighted by Crippen LogP contribution is 2.38. The largest absolute Gasteiger partial charge is 0.493 e. The van der Waals surface area contributed by atoms with Crippen LogP contribution in [0, 0.1) is 0 Å². The molecule has 1 unspecified atom stereocenters. The molecule has 118 valence electrons. The van der Waals surface area contributed by atoms with Crippen molar-refractivity contribution >= 4 is 5.91 Å². The molecular weight excluding hydrogens is 272 g/mol. The molecule has 0 heterocycles. The van der Waals surface area contributed by atoms with Crippen molar-refractivity contribution in [1.29, 1.82) is 0 Å². The minimum atomic E-state index is -0.182. The van der Waals surface area contributed by atoms with Gasteiger partial charge in [0.1, 0.15) is 0 Å². The van der Waals surface area contributed by atoms with Crippen molar-refractivity contribution in [3.05, 3.63) is 17.7 Å². The summed E-state index contributed by atoms with van der Waals surface area (Å²) in [6.45, 7) is 2.57. The van der Waals surface area contributed by atoms with Crippen LogP contribution in [0.1, 0.15) is 30.1 Å². The molecule has 6 nitrogen and oxygen atoms in total. The summed E-state index contributed by atoms with van der Waals surface area (Å²) in [5, 5.41) is 2.92. The summed E-state index contributed by atoms with van der Waals surface area (Å²) in [4.78, 5) is 12.3. The van der Waals surface area contributed by atoms with Gasteiger partial charge in [-0.05, 0) is 38.4 Å². The Bertz CT molecular complexity index is 452. The van der Waals surface area contributed by atoms with Gasteiger partial charge in [0.05, 0.1) is 21.3 Å². The van der Waals surface area contributed by atoms with Crippen LogP contribution in [0.3, 0.4) is 0 Å². The highest BCUT2D eigenvalue weighted by atomic mass is 16.5. The summed E-state index contributed by atoms with van der Waals surface area (Å²) in [5.74, 6) is 1.19. The van der Waals surface area contributed by atoms with Crippen molar-refractivity contribution in [2.24, 2.45) is 5.73 Å². The maximum atomic E-state index is 12.3. The van der Waals surface area contributed by atoms with Gasteiger partial charge in [-0.3, -0.25) is 4.79 Å². The zero-order valence-corrected chi connectivity index (χ0v) is 13.1. The Hall–Kier alpha value is -1.95. The first-order valence-corrected chi connectivity index (χ1v) is 6.88. The molecule has 0 bridgehead atoms. The van der Waals surface area contributed by atoms with Crippen molar-refractivity contribution in [1.82, 2.24) is 5.32 Å². The van der Waals surface area contributed by atoms with Gasteiger partial charge in [-0.15, -0.1) is 0 Å². The molecule has 6 heteroatoms. The van der Waals surface area contributed by atoms with Crippen LogP contribution in [0.2, 0.25) is 0 Å². The third-order valence-electron chi connectivity index (χ3n) is 3.15. The SMILES string of the molecule is COc1cc(C(=O)NC(C)CCCN)cc(OC)c1OC. The van der Waals surface area contributed by atoms with E-state index in [9.17, 15) is 4.79 Å². The number of amides is 1. The van der Waals surface area contributed by atoms with E-state index in [4.69, 9.17) is 19.9 Å². The molecular formula is C15H24N2O4. The minimum absolute atomic E-state index is 0.0557. The molecule has 0 spiro atoms. The van der Waals surface area contributed by atoms with Gasteiger partial charge in [-0.2, -0.15) is 0 Å². The maximum absolute atomic E-state index is 12.3. The fourth-order valence-electron chi connectivity index (χ4n) is 2.02. The summed E-state index contributed by atoms with van der Waals surface area (Å²) in [6.07, 6.45) is 1.71. The quantitative estimate of drug-likeness (QED) is 0.761. The van der Waals surface area contributed by atoms with Gasteiger partial charge in [-0.25, -0.2) is 0 Å². The number of ether oxygens (including phenoxy) is 3. The highest BCUT2D eigenvalue weighted by Gasteiger charge is 2.17. The number of methoxy groups -OCH3 is 3. The molecule has 0 fully saturated rings. The van der Waals surface area contributed by atoms with E-state index in [2.05, 4.69) is 5.32 Å². The molecule has 1 rings (SSSR count). The van der Waals surface area contributed by atoms with E-state index >= 15 is 0 Å². The van der Waals surface area contributed by atoms with Crippen molar-refractivity contribution in [2.75, 3.05) is 27.9 Å². The van der Waals surface area contributed by atoms with Crippen LogP contribution in [-0.2, 0) is 0 Å². The fourth-order valence-corrected chi connectivity index (χ4v) is 2.02. The molecule has 0 aliphatic heterocycles. The Balaban J connectivity index is 2.94. The lowest BCUT2D eigenvalue weighted by Gasteiger charge is -2.16. The molecule has 0 aliphatic carbocycles. The van der Waals surface area contributed by atoms with Gasteiger partial charge in [0.15, 0.2) is 11.5 Å². The number of rotatable bonds is 8. The lowest BCUT2D eigenvalue weighted by atomic mass is 10.1. The molecule has 1 atom stereocenters. The van der Waals surface area contributed by atoms with E-state index in [0.717, 1.165) is 12.8 Å². The highest BCUT2D eigenvalue weighted by molar-refractivity contribution is 5.95. The van der Waals surface area contributed by atoms with Crippen LogP contribution >= 0.6 is 0 Å². The standard InChI is InChI=1S/C15H24N2O4/c1-10(6-5-7-16)17-15(18)11-8-12(19-2)14(21-4)13(9-11)20-3/h8-10H,5-7,16H2,1-4H3,(H,17,18). The van der Waals surface area contributed by atoms with Crippen molar-refractivity contribution in [3.8, 4) is 17.2 Å². The molecule has 3 N–H and O–H groups in total. The molecule has 0 saturated heterocycles. The molecule has 21 heavy (non-hydrogen) atoms. The molecule has 0 radical (unpaired) electrons. The predicted octanol–water partition coefficient (Wildman–Crippen LogP) is 1.57. The Morgan fingerprint density at radius 2 is 1.76 bits per heavy atom. The average molecular weight is 296 g/mol. The number of carbonyl (C=O) groups excluding carboxylic acids is 1. The molecule has 0 aliphatic rings. The number of hydrogen-bond acceptors (Lipinski definition) is 5. The second-order valence-electron chi connectivity index (χ2n) is 4.72. The van der Waals surface area contributed by atoms with Crippen LogP contribution in [-0.4, -0.2) is 39.8 Å². The zero-order chi connectivity index (χ0) is 15.8. The van der Waals surface area contributed by atoms with Crippen LogP contribution in [0.4, 0.5) is 0 Å².